The zero-order valence-corrected chi connectivity index (χ0v) is 21.9. The van der Waals surface area contributed by atoms with Gasteiger partial charge in [-0.15, -0.1) is 0 Å². The fraction of sp³-hybridized carbons (Fsp3) is 0.161. The van der Waals surface area contributed by atoms with Crippen LogP contribution in [0.25, 0.3) is 11.1 Å². The summed E-state index contributed by atoms with van der Waals surface area (Å²) in [6, 6.07) is 18.9. The van der Waals surface area contributed by atoms with Gasteiger partial charge < -0.3 is 14.4 Å². The molecular weight excluding hydrogens is 543 g/mol. The number of methoxy groups -OCH3 is 2. The SMILES string of the molecule is COC(=O)CC1c2cccc(F)c2N=C(c2ccc(-c3cccc(F)c3)cc2)N1c1cc(C(F)(F)F)ccc1OC. The normalized spacial score (nSPS) is 14.8. The van der Waals surface area contributed by atoms with Crippen LogP contribution >= 0.6 is 0 Å². The molecule has 0 saturated heterocycles. The maximum Gasteiger partial charge on any atom is 0.416 e. The van der Waals surface area contributed by atoms with Crippen LogP contribution in [-0.4, -0.2) is 26.0 Å². The Bertz CT molecular complexity index is 1630. The van der Waals surface area contributed by atoms with Crippen molar-refractivity contribution in [3.8, 4) is 16.9 Å². The fourth-order valence-electron chi connectivity index (χ4n) is 4.83. The highest BCUT2D eigenvalue weighted by Gasteiger charge is 2.38. The molecule has 0 radical (unpaired) electrons. The molecule has 4 aromatic rings. The first-order valence-electron chi connectivity index (χ1n) is 12.5. The van der Waals surface area contributed by atoms with Crippen LogP contribution in [0.1, 0.15) is 29.2 Å². The van der Waals surface area contributed by atoms with Crippen molar-refractivity contribution in [2.75, 3.05) is 19.1 Å². The van der Waals surface area contributed by atoms with Gasteiger partial charge in [0.15, 0.2) is 0 Å². The lowest BCUT2D eigenvalue weighted by atomic mass is 9.94. The number of benzene rings is 4. The molecule has 0 bridgehead atoms. The number of nitrogens with zero attached hydrogens (tertiary/aromatic N) is 2. The van der Waals surface area contributed by atoms with Crippen molar-refractivity contribution in [1.29, 1.82) is 0 Å². The zero-order valence-electron chi connectivity index (χ0n) is 21.9. The van der Waals surface area contributed by atoms with E-state index in [4.69, 9.17) is 9.47 Å². The minimum Gasteiger partial charge on any atom is -0.495 e. The summed E-state index contributed by atoms with van der Waals surface area (Å²) < 4.78 is 80.8. The van der Waals surface area contributed by atoms with Gasteiger partial charge in [0.2, 0.25) is 0 Å². The lowest BCUT2D eigenvalue weighted by Crippen LogP contribution is -2.39. The largest absolute Gasteiger partial charge is 0.495 e. The van der Waals surface area contributed by atoms with E-state index in [9.17, 15) is 22.4 Å². The zero-order chi connectivity index (χ0) is 29.3. The summed E-state index contributed by atoms with van der Waals surface area (Å²) in [6.07, 6.45) is -5.00. The van der Waals surface area contributed by atoms with Gasteiger partial charge in [-0.3, -0.25) is 4.79 Å². The van der Waals surface area contributed by atoms with Gasteiger partial charge in [-0.05, 0) is 47.5 Å². The molecule has 0 amide bonds. The van der Waals surface area contributed by atoms with E-state index in [2.05, 4.69) is 4.99 Å². The number of hydrogen-bond donors (Lipinski definition) is 0. The molecule has 0 fully saturated rings. The van der Waals surface area contributed by atoms with Gasteiger partial charge in [0.25, 0.3) is 0 Å². The Kier molecular flexibility index (Phi) is 7.49. The van der Waals surface area contributed by atoms with Crippen molar-refractivity contribution in [2.45, 2.75) is 18.6 Å². The minimum atomic E-state index is -4.68. The molecule has 41 heavy (non-hydrogen) atoms. The first-order valence-corrected chi connectivity index (χ1v) is 12.5. The third-order valence-corrected chi connectivity index (χ3v) is 6.79. The van der Waals surface area contributed by atoms with Crippen molar-refractivity contribution >= 4 is 23.2 Å². The summed E-state index contributed by atoms with van der Waals surface area (Å²) in [6.45, 7) is 0. The van der Waals surface area contributed by atoms with Gasteiger partial charge in [-0.1, -0.05) is 48.5 Å². The second-order valence-corrected chi connectivity index (χ2v) is 9.25. The highest BCUT2D eigenvalue weighted by atomic mass is 19.4. The first-order chi connectivity index (χ1) is 19.6. The molecule has 1 atom stereocenters. The molecule has 1 unspecified atom stereocenters. The van der Waals surface area contributed by atoms with E-state index in [1.165, 1.54) is 49.5 Å². The number of halogens is 5. The molecule has 4 aromatic carbocycles. The minimum absolute atomic E-state index is 0.0286. The van der Waals surface area contributed by atoms with Gasteiger partial charge in [-0.25, -0.2) is 13.8 Å². The van der Waals surface area contributed by atoms with Gasteiger partial charge in [0, 0.05) is 11.1 Å². The average Bonchev–Trinajstić information content (AvgIpc) is 2.96. The second-order valence-electron chi connectivity index (χ2n) is 9.25. The first kappa shape index (κ1) is 27.8. The number of ether oxygens (including phenoxy) is 2. The van der Waals surface area contributed by atoms with Crippen LogP contribution in [0.2, 0.25) is 0 Å². The Labute approximate surface area is 232 Å². The van der Waals surface area contributed by atoms with Crippen molar-refractivity contribution in [3.63, 3.8) is 0 Å². The average molecular weight is 567 g/mol. The highest BCUT2D eigenvalue weighted by molar-refractivity contribution is 6.14. The molecule has 5 nitrogen and oxygen atoms in total. The highest BCUT2D eigenvalue weighted by Crippen LogP contribution is 2.46. The number of esters is 1. The molecule has 0 aliphatic carbocycles. The summed E-state index contributed by atoms with van der Waals surface area (Å²) in [7, 11) is 2.50. The number of carbonyl (C=O) groups is 1. The lowest BCUT2D eigenvalue weighted by molar-refractivity contribution is -0.141. The smallest absolute Gasteiger partial charge is 0.416 e. The van der Waals surface area contributed by atoms with Crippen LogP contribution in [0, 0.1) is 11.6 Å². The molecule has 1 heterocycles. The third kappa shape index (κ3) is 5.50. The van der Waals surface area contributed by atoms with Gasteiger partial charge in [0.1, 0.15) is 28.9 Å². The topological polar surface area (TPSA) is 51.1 Å². The molecule has 0 aromatic heterocycles. The van der Waals surface area contributed by atoms with Crippen molar-refractivity contribution in [1.82, 2.24) is 0 Å². The van der Waals surface area contributed by atoms with Crippen LogP contribution in [0.4, 0.5) is 33.3 Å². The second kappa shape index (κ2) is 11.0. The summed E-state index contributed by atoms with van der Waals surface area (Å²) in [5.74, 6) is -1.58. The molecule has 1 aliphatic rings. The van der Waals surface area contributed by atoms with Gasteiger partial charge in [-0.2, -0.15) is 13.2 Å². The van der Waals surface area contributed by atoms with Crippen LogP contribution in [0.15, 0.2) is 89.9 Å². The summed E-state index contributed by atoms with van der Waals surface area (Å²) in [5, 5.41) is 0. The number of alkyl halides is 3. The van der Waals surface area contributed by atoms with E-state index in [-0.39, 0.29) is 34.9 Å². The van der Waals surface area contributed by atoms with Gasteiger partial charge in [0.05, 0.1) is 37.9 Å². The van der Waals surface area contributed by atoms with Crippen LogP contribution < -0.4 is 9.64 Å². The van der Waals surface area contributed by atoms with Crippen LogP contribution in [0.3, 0.4) is 0 Å². The quantitative estimate of drug-likeness (QED) is 0.176. The van der Waals surface area contributed by atoms with E-state index in [0.717, 1.165) is 12.1 Å². The predicted octanol–water partition coefficient (Wildman–Crippen LogP) is 7.86. The maximum absolute atomic E-state index is 15.1. The molecule has 0 N–H and O–H groups in total. The summed E-state index contributed by atoms with van der Waals surface area (Å²) in [4.78, 5) is 18.6. The lowest BCUT2D eigenvalue weighted by Gasteiger charge is -2.39. The van der Waals surface area contributed by atoms with E-state index in [0.29, 0.717) is 16.7 Å². The molecule has 0 saturated carbocycles. The van der Waals surface area contributed by atoms with Crippen molar-refractivity contribution < 1.29 is 36.2 Å². The Morgan fingerprint density at radius 2 is 1.59 bits per heavy atom. The molecule has 210 valence electrons. The monoisotopic (exact) mass is 566 g/mol. The van der Waals surface area contributed by atoms with Crippen LogP contribution in [-0.2, 0) is 15.7 Å². The Hall–Kier alpha value is -4.73. The number of anilines is 1. The van der Waals surface area contributed by atoms with E-state index in [1.807, 2.05) is 0 Å². The number of carbonyl (C=O) groups excluding carboxylic acids is 1. The summed E-state index contributed by atoms with van der Waals surface area (Å²) in [5.41, 5.74) is 0.954. The fourth-order valence-corrected chi connectivity index (χ4v) is 4.83. The Morgan fingerprint density at radius 3 is 2.24 bits per heavy atom. The standard InChI is InChI=1S/C31H23F5N2O3/c1-40-27-14-13-21(31(34,35)36)16-26(27)38-25(17-28(39)41-2)23-7-4-8-24(33)29(23)37-30(38)19-11-9-18(10-12-19)20-5-3-6-22(32)15-20/h3-16,25H,17H2,1-2H3. The van der Waals surface area contributed by atoms with Crippen LogP contribution in [0.5, 0.6) is 5.75 Å². The predicted molar refractivity (Wildman–Crippen MR) is 144 cm³/mol. The molecule has 0 spiro atoms. The van der Waals surface area contributed by atoms with E-state index < -0.39 is 35.4 Å². The number of para-hydroxylation sites is 1. The molecule has 5 rings (SSSR count). The Balaban J connectivity index is 1.74. The molecule has 1 aliphatic heterocycles. The number of rotatable bonds is 6. The van der Waals surface area contributed by atoms with Crippen molar-refractivity contribution in [3.05, 3.63) is 113 Å². The summed E-state index contributed by atoms with van der Waals surface area (Å²) >= 11 is 0. The number of hydrogen-bond acceptors (Lipinski definition) is 5. The number of amidine groups is 1. The number of aliphatic imine (C=N–C) groups is 1. The van der Waals surface area contributed by atoms with E-state index in [1.54, 1.807) is 42.5 Å². The molecular formula is C31H23F5N2O3. The Morgan fingerprint density at radius 1 is 0.878 bits per heavy atom. The van der Waals surface area contributed by atoms with E-state index >= 15 is 4.39 Å². The molecule has 10 heteroatoms. The van der Waals surface area contributed by atoms with Crippen molar-refractivity contribution in [2.24, 2.45) is 4.99 Å². The maximum atomic E-state index is 15.1. The number of fused-ring (bicyclic) bond motifs is 1. The third-order valence-electron chi connectivity index (χ3n) is 6.79. The van der Waals surface area contributed by atoms with Gasteiger partial charge >= 0.3 is 12.1 Å².